The van der Waals surface area contributed by atoms with Crippen LogP contribution in [0.15, 0.2) is 89.9 Å². The van der Waals surface area contributed by atoms with Crippen LogP contribution in [-0.4, -0.2) is 53.8 Å². The van der Waals surface area contributed by atoms with Gasteiger partial charge in [-0.15, -0.1) is 0 Å². The summed E-state index contributed by atoms with van der Waals surface area (Å²) in [5.74, 6) is 0.252. The van der Waals surface area contributed by atoms with Gasteiger partial charge in [0.2, 0.25) is 5.90 Å². The van der Waals surface area contributed by atoms with E-state index in [1.54, 1.807) is 12.1 Å². The van der Waals surface area contributed by atoms with Gasteiger partial charge in [0.15, 0.2) is 11.6 Å². The molecule has 0 saturated heterocycles. The van der Waals surface area contributed by atoms with Gasteiger partial charge in [-0.05, 0) is 69.0 Å². The summed E-state index contributed by atoms with van der Waals surface area (Å²) in [6.07, 6.45) is 0.526. The third-order valence-corrected chi connectivity index (χ3v) is 6.80. The van der Waals surface area contributed by atoms with E-state index in [2.05, 4.69) is 5.32 Å². The molecule has 0 spiro atoms. The van der Waals surface area contributed by atoms with Crippen LogP contribution >= 0.6 is 0 Å². The van der Waals surface area contributed by atoms with Gasteiger partial charge in [-0.3, -0.25) is 9.59 Å². The van der Waals surface area contributed by atoms with Crippen LogP contribution in [0.25, 0.3) is 0 Å². The number of nitrogens with one attached hydrogen (secondary N) is 1. The van der Waals surface area contributed by atoms with E-state index in [0.717, 1.165) is 11.1 Å². The lowest BCUT2D eigenvalue weighted by molar-refractivity contribution is -0.155. The maximum Gasteiger partial charge on any atom is 0.306 e. The average Bonchev–Trinajstić information content (AvgIpc) is 3.38. The molecule has 0 saturated carbocycles. The molecule has 3 aromatic rings. The van der Waals surface area contributed by atoms with Gasteiger partial charge in [-0.2, -0.15) is 0 Å². The van der Waals surface area contributed by atoms with Crippen molar-refractivity contribution in [2.45, 2.75) is 63.7 Å². The van der Waals surface area contributed by atoms with Crippen molar-refractivity contribution in [2.75, 3.05) is 19.8 Å². The highest BCUT2D eigenvalue weighted by molar-refractivity contribution is 6.01. The Hall–Kier alpha value is -4.17. The van der Waals surface area contributed by atoms with Crippen molar-refractivity contribution in [2.24, 2.45) is 4.99 Å². The zero-order valence-corrected chi connectivity index (χ0v) is 24.5. The number of ether oxygens (including phenoxy) is 3. The Balaban J connectivity index is 1.65. The highest BCUT2D eigenvalue weighted by Crippen LogP contribution is 2.43. The SMILES string of the molecule is CC(C)(C)OC(=O)CC[C@@]1(C(=O)NCCc2ccccc2)N=C(c2ccc(OCCCO)cc2)O[C@@H]1c1ccccc1. The third-order valence-electron chi connectivity index (χ3n) is 6.80. The van der Waals surface area contributed by atoms with Crippen molar-refractivity contribution in [1.82, 2.24) is 5.32 Å². The summed E-state index contributed by atoms with van der Waals surface area (Å²) >= 11 is 0. The molecule has 42 heavy (non-hydrogen) atoms. The second kappa shape index (κ2) is 14.1. The highest BCUT2D eigenvalue weighted by Gasteiger charge is 2.53. The van der Waals surface area contributed by atoms with Gasteiger partial charge >= 0.3 is 5.97 Å². The zero-order chi connectivity index (χ0) is 30.0. The molecule has 222 valence electrons. The Morgan fingerprint density at radius 3 is 2.29 bits per heavy atom. The maximum atomic E-state index is 14.1. The lowest BCUT2D eigenvalue weighted by Gasteiger charge is -2.31. The van der Waals surface area contributed by atoms with Crippen LogP contribution in [0.3, 0.4) is 0 Å². The van der Waals surface area contributed by atoms with Crippen molar-refractivity contribution >= 4 is 17.8 Å². The van der Waals surface area contributed by atoms with Crippen molar-refractivity contribution in [1.29, 1.82) is 0 Å². The quantitative estimate of drug-likeness (QED) is 0.216. The number of hydrogen-bond acceptors (Lipinski definition) is 7. The van der Waals surface area contributed by atoms with E-state index >= 15 is 0 Å². The number of aliphatic imine (C=N–C) groups is 1. The van der Waals surface area contributed by atoms with Crippen LogP contribution in [0.2, 0.25) is 0 Å². The first-order valence-electron chi connectivity index (χ1n) is 14.4. The number of carbonyl (C=O) groups is 2. The molecule has 0 bridgehead atoms. The number of hydrogen-bond donors (Lipinski definition) is 2. The van der Waals surface area contributed by atoms with Gasteiger partial charge < -0.3 is 24.6 Å². The minimum atomic E-state index is -1.40. The number of esters is 1. The molecule has 8 nitrogen and oxygen atoms in total. The molecule has 0 aliphatic carbocycles. The first-order chi connectivity index (χ1) is 20.2. The Bertz CT molecular complexity index is 1340. The fourth-order valence-electron chi connectivity index (χ4n) is 4.80. The van der Waals surface area contributed by atoms with Gasteiger partial charge in [0.05, 0.1) is 6.61 Å². The molecule has 0 aromatic heterocycles. The molecular formula is C34H40N2O6. The van der Waals surface area contributed by atoms with Crippen LogP contribution in [0.1, 0.15) is 62.8 Å². The lowest BCUT2D eigenvalue weighted by atomic mass is 9.83. The predicted molar refractivity (Wildman–Crippen MR) is 161 cm³/mol. The van der Waals surface area contributed by atoms with Crippen molar-refractivity contribution in [3.8, 4) is 5.75 Å². The fraction of sp³-hybridized carbons (Fsp3) is 0.382. The molecule has 0 fully saturated rings. The average molecular weight is 573 g/mol. The number of aliphatic hydroxyl groups is 1. The summed E-state index contributed by atoms with van der Waals surface area (Å²) in [4.78, 5) is 31.9. The molecule has 4 rings (SSSR count). The molecule has 2 N–H and O–H groups in total. The molecule has 1 aliphatic heterocycles. The van der Waals surface area contributed by atoms with Crippen LogP contribution in [-0.2, 0) is 25.5 Å². The van der Waals surface area contributed by atoms with Crippen LogP contribution in [0, 0.1) is 0 Å². The summed E-state index contributed by atoms with van der Waals surface area (Å²) in [6.45, 7) is 6.31. The van der Waals surface area contributed by atoms with Gasteiger partial charge in [0.25, 0.3) is 5.91 Å². The van der Waals surface area contributed by atoms with Crippen molar-refractivity contribution in [3.63, 3.8) is 0 Å². The summed E-state index contributed by atoms with van der Waals surface area (Å²) in [5, 5.41) is 12.1. The molecule has 0 radical (unpaired) electrons. The normalized spacial score (nSPS) is 18.1. The zero-order valence-electron chi connectivity index (χ0n) is 24.5. The number of nitrogens with zero attached hydrogens (tertiary/aromatic N) is 1. The lowest BCUT2D eigenvalue weighted by Crippen LogP contribution is -2.49. The van der Waals surface area contributed by atoms with E-state index in [1.807, 2.05) is 93.6 Å². The van der Waals surface area contributed by atoms with Gasteiger partial charge in [-0.25, -0.2) is 4.99 Å². The van der Waals surface area contributed by atoms with Crippen LogP contribution < -0.4 is 10.1 Å². The van der Waals surface area contributed by atoms with E-state index in [4.69, 9.17) is 24.3 Å². The number of rotatable bonds is 13. The van der Waals surface area contributed by atoms with Crippen LogP contribution in [0.5, 0.6) is 5.75 Å². The number of amides is 1. The molecule has 0 unspecified atom stereocenters. The van der Waals surface area contributed by atoms with E-state index in [9.17, 15) is 9.59 Å². The minimum Gasteiger partial charge on any atom is -0.494 e. The molecule has 2 atom stereocenters. The van der Waals surface area contributed by atoms with E-state index in [-0.39, 0.29) is 25.4 Å². The first-order valence-corrected chi connectivity index (χ1v) is 14.4. The minimum absolute atomic E-state index is 0.00944. The van der Waals surface area contributed by atoms with Gasteiger partial charge in [0, 0.05) is 31.6 Å². The number of aliphatic hydroxyl groups excluding tert-OH is 1. The molecular weight excluding hydrogens is 532 g/mol. The van der Waals surface area contributed by atoms with Crippen molar-refractivity contribution in [3.05, 3.63) is 102 Å². The molecule has 1 amide bonds. The summed E-state index contributed by atoms with van der Waals surface area (Å²) < 4.78 is 17.7. The van der Waals surface area contributed by atoms with E-state index < -0.39 is 23.2 Å². The second-order valence-electron chi connectivity index (χ2n) is 11.3. The van der Waals surface area contributed by atoms with E-state index in [0.29, 0.717) is 43.2 Å². The monoisotopic (exact) mass is 572 g/mol. The highest BCUT2D eigenvalue weighted by atomic mass is 16.6. The van der Waals surface area contributed by atoms with Crippen molar-refractivity contribution < 1.29 is 28.9 Å². The predicted octanol–water partition coefficient (Wildman–Crippen LogP) is 5.19. The molecule has 3 aromatic carbocycles. The van der Waals surface area contributed by atoms with Gasteiger partial charge in [-0.1, -0.05) is 60.7 Å². The fourth-order valence-corrected chi connectivity index (χ4v) is 4.80. The Labute approximate surface area is 247 Å². The summed E-state index contributed by atoms with van der Waals surface area (Å²) in [7, 11) is 0. The maximum absolute atomic E-state index is 14.1. The largest absolute Gasteiger partial charge is 0.494 e. The third kappa shape index (κ3) is 8.19. The van der Waals surface area contributed by atoms with E-state index in [1.165, 1.54) is 0 Å². The summed E-state index contributed by atoms with van der Waals surface area (Å²) in [5.41, 5.74) is 0.515. The summed E-state index contributed by atoms with van der Waals surface area (Å²) in [6, 6.07) is 26.7. The molecule has 1 aliphatic rings. The van der Waals surface area contributed by atoms with Crippen LogP contribution in [0.4, 0.5) is 0 Å². The number of benzene rings is 3. The molecule has 1 heterocycles. The molecule has 8 heteroatoms. The smallest absolute Gasteiger partial charge is 0.306 e. The Morgan fingerprint density at radius 2 is 1.64 bits per heavy atom. The second-order valence-corrected chi connectivity index (χ2v) is 11.3. The number of carbonyl (C=O) groups excluding carboxylic acids is 2. The first kappa shape index (κ1) is 30.8. The Kier molecular flexibility index (Phi) is 10.4. The Morgan fingerprint density at radius 1 is 0.976 bits per heavy atom. The van der Waals surface area contributed by atoms with Gasteiger partial charge in [0.1, 0.15) is 11.4 Å². The topological polar surface area (TPSA) is 106 Å². The standard InChI is InChI=1S/C34H40N2O6/c1-33(2,3)42-29(38)19-21-34(32(39)35-22-20-25-11-6-4-7-12-25)30(26-13-8-5-9-14-26)41-31(36-34)27-15-17-28(18-16-27)40-24-10-23-37/h4-9,11-18,30,37H,10,19-24H2,1-3H3,(H,35,39)/t30-,34-/m1/s1.